The summed E-state index contributed by atoms with van der Waals surface area (Å²) in [7, 11) is 0. The fraction of sp³-hybridized carbons (Fsp3) is 0.185. The van der Waals surface area contributed by atoms with Crippen molar-refractivity contribution in [2.75, 3.05) is 41.8 Å². The standard InChI is InChI=1S/C27H26N4O2/c1-19-7-5-6-10-23(19)30-27(32)28-21-11-12-24-22(17-21)26(31-13-15-33-16-14-31)18-25(29-24)20-8-3-2-4-9-20/h2-12,17-18H,13-16H2,1H3,(H2,28,30,32). The molecule has 0 spiro atoms. The number of pyridine rings is 1. The predicted octanol–water partition coefficient (Wildman–Crippen LogP) is 5.69. The number of nitrogens with one attached hydrogen (secondary N) is 2. The average molecular weight is 439 g/mol. The number of hydrogen-bond acceptors (Lipinski definition) is 4. The van der Waals surface area contributed by atoms with Crippen molar-refractivity contribution >= 4 is 34.0 Å². The Morgan fingerprint density at radius 3 is 2.45 bits per heavy atom. The number of ether oxygens (including phenoxy) is 1. The van der Waals surface area contributed by atoms with E-state index in [0.717, 1.165) is 57.9 Å². The monoisotopic (exact) mass is 438 g/mol. The van der Waals surface area contributed by atoms with Gasteiger partial charge in [0.25, 0.3) is 0 Å². The highest BCUT2D eigenvalue weighted by Gasteiger charge is 2.17. The minimum Gasteiger partial charge on any atom is -0.378 e. The average Bonchev–Trinajstić information content (AvgIpc) is 2.86. The molecule has 2 N–H and O–H groups in total. The lowest BCUT2D eigenvalue weighted by molar-refractivity contribution is 0.123. The number of aryl methyl sites for hydroxylation is 1. The number of aromatic nitrogens is 1. The van der Waals surface area contributed by atoms with Crippen LogP contribution < -0.4 is 15.5 Å². The molecule has 166 valence electrons. The molecule has 33 heavy (non-hydrogen) atoms. The fourth-order valence-electron chi connectivity index (χ4n) is 4.11. The van der Waals surface area contributed by atoms with Gasteiger partial charge in [0, 0.05) is 41.1 Å². The molecule has 1 fully saturated rings. The number of carbonyl (C=O) groups excluding carboxylic acids is 1. The van der Waals surface area contributed by atoms with Crippen LogP contribution in [0.5, 0.6) is 0 Å². The Morgan fingerprint density at radius 2 is 1.67 bits per heavy atom. The van der Waals surface area contributed by atoms with Gasteiger partial charge in [0.05, 0.1) is 24.4 Å². The van der Waals surface area contributed by atoms with Crippen molar-refractivity contribution in [2.24, 2.45) is 0 Å². The van der Waals surface area contributed by atoms with Crippen LogP contribution in [0.25, 0.3) is 22.2 Å². The third-order valence-corrected chi connectivity index (χ3v) is 5.86. The maximum absolute atomic E-state index is 12.6. The second kappa shape index (κ2) is 9.30. The van der Waals surface area contributed by atoms with Crippen LogP contribution in [0.2, 0.25) is 0 Å². The van der Waals surface area contributed by atoms with Crippen LogP contribution in [-0.2, 0) is 4.74 Å². The molecule has 2 heterocycles. The number of hydrogen-bond donors (Lipinski definition) is 2. The molecule has 0 radical (unpaired) electrons. The van der Waals surface area contributed by atoms with E-state index < -0.39 is 0 Å². The number of morpholine rings is 1. The van der Waals surface area contributed by atoms with E-state index >= 15 is 0 Å². The third kappa shape index (κ3) is 4.66. The van der Waals surface area contributed by atoms with E-state index in [1.165, 1.54) is 0 Å². The zero-order chi connectivity index (χ0) is 22.6. The third-order valence-electron chi connectivity index (χ3n) is 5.86. The number of fused-ring (bicyclic) bond motifs is 1. The fourth-order valence-corrected chi connectivity index (χ4v) is 4.11. The number of urea groups is 1. The first-order valence-electron chi connectivity index (χ1n) is 11.1. The molecule has 0 unspecified atom stereocenters. The SMILES string of the molecule is Cc1ccccc1NC(=O)Nc1ccc2nc(-c3ccccc3)cc(N3CCOCC3)c2c1. The summed E-state index contributed by atoms with van der Waals surface area (Å²) < 4.78 is 5.57. The molecule has 6 nitrogen and oxygen atoms in total. The van der Waals surface area contributed by atoms with Gasteiger partial charge in [-0.15, -0.1) is 0 Å². The summed E-state index contributed by atoms with van der Waals surface area (Å²) in [5.41, 5.74) is 6.53. The van der Waals surface area contributed by atoms with Gasteiger partial charge in [-0.2, -0.15) is 0 Å². The van der Waals surface area contributed by atoms with Gasteiger partial charge in [-0.25, -0.2) is 9.78 Å². The molecule has 1 aliphatic rings. The molecule has 0 aliphatic carbocycles. The summed E-state index contributed by atoms with van der Waals surface area (Å²) in [5.74, 6) is 0. The Labute approximate surface area is 193 Å². The first kappa shape index (κ1) is 21.0. The highest BCUT2D eigenvalue weighted by molar-refractivity contribution is 6.03. The summed E-state index contributed by atoms with van der Waals surface area (Å²) in [6.45, 7) is 5.00. The lowest BCUT2D eigenvalue weighted by Crippen LogP contribution is -2.36. The minimum atomic E-state index is -0.273. The zero-order valence-corrected chi connectivity index (χ0v) is 18.5. The highest BCUT2D eigenvalue weighted by atomic mass is 16.5. The molecule has 3 aromatic carbocycles. The summed E-state index contributed by atoms with van der Waals surface area (Å²) >= 11 is 0. The van der Waals surface area contributed by atoms with Crippen molar-refractivity contribution in [2.45, 2.75) is 6.92 Å². The van der Waals surface area contributed by atoms with Gasteiger partial charge in [-0.05, 0) is 42.8 Å². The maximum atomic E-state index is 12.6. The van der Waals surface area contributed by atoms with Crippen molar-refractivity contribution in [1.82, 2.24) is 4.98 Å². The van der Waals surface area contributed by atoms with Gasteiger partial charge >= 0.3 is 6.03 Å². The molecule has 1 aliphatic heterocycles. The van der Waals surface area contributed by atoms with Gasteiger partial charge in [0.15, 0.2) is 0 Å². The Bertz CT molecular complexity index is 1280. The van der Waals surface area contributed by atoms with Crippen LogP contribution in [0.4, 0.5) is 21.9 Å². The Kier molecular flexibility index (Phi) is 5.91. The topological polar surface area (TPSA) is 66.5 Å². The van der Waals surface area contributed by atoms with Crippen LogP contribution >= 0.6 is 0 Å². The molecule has 0 bridgehead atoms. The minimum absolute atomic E-state index is 0.273. The van der Waals surface area contributed by atoms with E-state index in [9.17, 15) is 4.79 Å². The summed E-state index contributed by atoms with van der Waals surface area (Å²) in [4.78, 5) is 19.9. The number of benzene rings is 3. The first-order valence-corrected chi connectivity index (χ1v) is 11.1. The first-order chi connectivity index (χ1) is 16.2. The van der Waals surface area contributed by atoms with Gasteiger partial charge in [-0.3, -0.25) is 0 Å². The number of carbonyl (C=O) groups is 1. The molecular weight excluding hydrogens is 412 g/mol. The molecule has 0 saturated carbocycles. The van der Waals surface area contributed by atoms with Crippen molar-refractivity contribution in [1.29, 1.82) is 0 Å². The molecule has 0 atom stereocenters. The second-order valence-corrected chi connectivity index (χ2v) is 8.12. The zero-order valence-electron chi connectivity index (χ0n) is 18.5. The highest BCUT2D eigenvalue weighted by Crippen LogP contribution is 2.33. The summed E-state index contributed by atoms with van der Waals surface area (Å²) in [6.07, 6.45) is 0. The van der Waals surface area contributed by atoms with E-state index in [1.807, 2.05) is 67.6 Å². The van der Waals surface area contributed by atoms with E-state index in [4.69, 9.17) is 9.72 Å². The van der Waals surface area contributed by atoms with Crippen LogP contribution in [0.3, 0.4) is 0 Å². The van der Waals surface area contributed by atoms with Gasteiger partial charge in [0.2, 0.25) is 0 Å². The maximum Gasteiger partial charge on any atom is 0.323 e. The number of rotatable bonds is 4. The Hall–Kier alpha value is -3.90. The van der Waals surface area contributed by atoms with Gasteiger partial charge in [0.1, 0.15) is 0 Å². The molecule has 6 heteroatoms. The Morgan fingerprint density at radius 1 is 0.909 bits per heavy atom. The molecular formula is C27H26N4O2. The van der Waals surface area contributed by atoms with Crippen LogP contribution in [0.15, 0.2) is 78.9 Å². The lowest BCUT2D eigenvalue weighted by atomic mass is 10.1. The second-order valence-electron chi connectivity index (χ2n) is 8.12. The summed E-state index contributed by atoms with van der Waals surface area (Å²) in [5, 5.41) is 6.89. The predicted molar refractivity (Wildman–Crippen MR) is 134 cm³/mol. The molecule has 2 amide bonds. The van der Waals surface area contributed by atoms with Crippen LogP contribution in [0.1, 0.15) is 5.56 Å². The normalized spacial score (nSPS) is 13.7. The molecule has 1 aromatic heterocycles. The van der Waals surface area contributed by atoms with Crippen molar-refractivity contribution in [3.8, 4) is 11.3 Å². The van der Waals surface area contributed by atoms with Gasteiger partial charge < -0.3 is 20.3 Å². The van der Waals surface area contributed by atoms with E-state index in [1.54, 1.807) is 0 Å². The van der Waals surface area contributed by atoms with E-state index in [2.05, 4.69) is 33.7 Å². The lowest BCUT2D eigenvalue weighted by Gasteiger charge is -2.30. The van der Waals surface area contributed by atoms with Crippen LogP contribution in [-0.4, -0.2) is 37.3 Å². The quantitative estimate of drug-likeness (QED) is 0.430. The number of para-hydroxylation sites is 1. The van der Waals surface area contributed by atoms with E-state index in [-0.39, 0.29) is 6.03 Å². The van der Waals surface area contributed by atoms with Crippen LogP contribution in [0, 0.1) is 6.92 Å². The number of nitrogens with zero attached hydrogens (tertiary/aromatic N) is 2. The number of amides is 2. The summed E-state index contributed by atoms with van der Waals surface area (Å²) in [6, 6.07) is 25.6. The smallest absolute Gasteiger partial charge is 0.323 e. The molecule has 5 rings (SSSR count). The van der Waals surface area contributed by atoms with E-state index in [0.29, 0.717) is 13.2 Å². The largest absolute Gasteiger partial charge is 0.378 e. The van der Waals surface area contributed by atoms with Crippen molar-refractivity contribution in [3.05, 3.63) is 84.4 Å². The Balaban J connectivity index is 1.49. The molecule has 4 aromatic rings. The van der Waals surface area contributed by atoms with Crippen molar-refractivity contribution in [3.63, 3.8) is 0 Å². The van der Waals surface area contributed by atoms with Crippen molar-refractivity contribution < 1.29 is 9.53 Å². The number of anilines is 3. The van der Waals surface area contributed by atoms with Gasteiger partial charge in [-0.1, -0.05) is 48.5 Å². The molecule has 1 saturated heterocycles.